The second-order valence-electron chi connectivity index (χ2n) is 6.04. The Kier molecular flexibility index (Phi) is 4.30. The van der Waals surface area contributed by atoms with E-state index < -0.39 is 0 Å². The van der Waals surface area contributed by atoms with Gasteiger partial charge in [0.05, 0.1) is 0 Å². The third-order valence-corrected chi connectivity index (χ3v) is 4.03. The van der Waals surface area contributed by atoms with Crippen molar-refractivity contribution in [2.24, 2.45) is 16.3 Å². The van der Waals surface area contributed by atoms with Gasteiger partial charge >= 0.3 is 0 Å². The largest absolute Gasteiger partial charge is 0.357 e. The summed E-state index contributed by atoms with van der Waals surface area (Å²) in [5.74, 6) is 1.92. The molecule has 2 aliphatic rings. The lowest BCUT2D eigenvalue weighted by atomic mass is 9.89. The summed E-state index contributed by atoms with van der Waals surface area (Å²) in [6, 6.07) is 0. The molecule has 0 aliphatic heterocycles. The van der Waals surface area contributed by atoms with E-state index in [1.165, 1.54) is 38.5 Å². The van der Waals surface area contributed by atoms with Crippen LogP contribution in [0.25, 0.3) is 0 Å². The smallest absolute Gasteiger partial charge is 0.191 e. The van der Waals surface area contributed by atoms with Crippen molar-refractivity contribution in [3.63, 3.8) is 0 Å². The summed E-state index contributed by atoms with van der Waals surface area (Å²) in [5, 5.41) is 6.81. The lowest BCUT2D eigenvalue weighted by Crippen LogP contribution is -2.39. The molecule has 0 aromatic rings. The van der Waals surface area contributed by atoms with Crippen molar-refractivity contribution in [1.29, 1.82) is 0 Å². The maximum absolute atomic E-state index is 4.76. The predicted octanol–water partition coefficient (Wildman–Crippen LogP) is 2.53. The summed E-state index contributed by atoms with van der Waals surface area (Å²) < 4.78 is 0. The van der Waals surface area contributed by atoms with Gasteiger partial charge in [0.25, 0.3) is 0 Å². The van der Waals surface area contributed by atoms with Crippen LogP contribution in [-0.4, -0.2) is 25.6 Å². The van der Waals surface area contributed by atoms with Crippen LogP contribution in [0.2, 0.25) is 0 Å². The zero-order valence-electron chi connectivity index (χ0n) is 11.4. The van der Waals surface area contributed by atoms with E-state index in [0.717, 1.165) is 31.5 Å². The SMILES string of the molecule is CCNC(=NCC1(C)CCCC1)NCC1CC1. The molecule has 98 valence electrons. The molecule has 0 spiro atoms. The fourth-order valence-electron chi connectivity index (χ4n) is 2.56. The summed E-state index contributed by atoms with van der Waals surface area (Å²) in [4.78, 5) is 4.76. The van der Waals surface area contributed by atoms with Crippen molar-refractivity contribution < 1.29 is 0 Å². The van der Waals surface area contributed by atoms with Gasteiger partial charge in [0.15, 0.2) is 5.96 Å². The molecule has 2 N–H and O–H groups in total. The molecular weight excluding hydrogens is 210 g/mol. The molecule has 3 heteroatoms. The van der Waals surface area contributed by atoms with Gasteiger partial charge in [-0.25, -0.2) is 0 Å². The average molecular weight is 237 g/mol. The first-order valence-electron chi connectivity index (χ1n) is 7.24. The highest BCUT2D eigenvalue weighted by molar-refractivity contribution is 5.79. The number of hydrogen-bond donors (Lipinski definition) is 2. The number of aliphatic imine (C=N–C) groups is 1. The van der Waals surface area contributed by atoms with E-state index in [1.54, 1.807) is 0 Å². The molecule has 0 heterocycles. The standard InChI is InChI=1S/C14H27N3/c1-3-15-13(16-10-12-6-7-12)17-11-14(2)8-4-5-9-14/h12H,3-11H2,1-2H3,(H2,15,16,17). The Bertz CT molecular complexity index is 263. The minimum absolute atomic E-state index is 0.460. The van der Waals surface area contributed by atoms with E-state index in [9.17, 15) is 0 Å². The summed E-state index contributed by atoms with van der Waals surface area (Å²) in [7, 11) is 0. The maximum atomic E-state index is 4.76. The van der Waals surface area contributed by atoms with Crippen molar-refractivity contribution in [1.82, 2.24) is 10.6 Å². The summed E-state index contributed by atoms with van der Waals surface area (Å²) in [6.45, 7) is 7.54. The molecule has 3 nitrogen and oxygen atoms in total. The Morgan fingerprint density at radius 2 is 1.94 bits per heavy atom. The molecule has 0 aromatic heterocycles. The fourth-order valence-corrected chi connectivity index (χ4v) is 2.56. The van der Waals surface area contributed by atoms with E-state index in [0.29, 0.717) is 5.41 Å². The van der Waals surface area contributed by atoms with Crippen molar-refractivity contribution >= 4 is 5.96 Å². The molecule has 0 saturated heterocycles. The first-order chi connectivity index (χ1) is 8.22. The Balaban J connectivity index is 1.79. The molecule has 0 aromatic carbocycles. The van der Waals surface area contributed by atoms with Gasteiger partial charge in [0.2, 0.25) is 0 Å². The zero-order chi connectivity index (χ0) is 12.1. The predicted molar refractivity (Wildman–Crippen MR) is 73.3 cm³/mol. The van der Waals surface area contributed by atoms with Crippen LogP contribution >= 0.6 is 0 Å². The van der Waals surface area contributed by atoms with Crippen molar-refractivity contribution in [3.8, 4) is 0 Å². The van der Waals surface area contributed by atoms with Gasteiger partial charge in [-0.2, -0.15) is 0 Å². The number of nitrogens with zero attached hydrogens (tertiary/aromatic N) is 1. The first-order valence-corrected chi connectivity index (χ1v) is 7.24. The van der Waals surface area contributed by atoms with E-state index in [-0.39, 0.29) is 0 Å². The third kappa shape index (κ3) is 4.21. The van der Waals surface area contributed by atoms with Gasteiger partial charge < -0.3 is 10.6 Å². The van der Waals surface area contributed by atoms with Crippen LogP contribution in [0.4, 0.5) is 0 Å². The number of guanidine groups is 1. The lowest BCUT2D eigenvalue weighted by Gasteiger charge is -2.21. The molecule has 0 unspecified atom stereocenters. The lowest BCUT2D eigenvalue weighted by molar-refractivity contribution is 0.350. The quantitative estimate of drug-likeness (QED) is 0.569. The van der Waals surface area contributed by atoms with Crippen LogP contribution < -0.4 is 10.6 Å². The molecule has 2 saturated carbocycles. The van der Waals surface area contributed by atoms with E-state index >= 15 is 0 Å². The zero-order valence-corrected chi connectivity index (χ0v) is 11.4. The van der Waals surface area contributed by atoms with Crippen molar-refractivity contribution in [3.05, 3.63) is 0 Å². The summed E-state index contributed by atoms with van der Waals surface area (Å²) >= 11 is 0. The molecule has 0 atom stereocenters. The number of nitrogens with one attached hydrogen (secondary N) is 2. The highest BCUT2D eigenvalue weighted by Crippen LogP contribution is 2.37. The van der Waals surface area contributed by atoms with Crippen LogP contribution in [-0.2, 0) is 0 Å². The van der Waals surface area contributed by atoms with Crippen LogP contribution in [0.3, 0.4) is 0 Å². The minimum Gasteiger partial charge on any atom is -0.357 e. The highest BCUT2D eigenvalue weighted by atomic mass is 15.2. The van der Waals surface area contributed by atoms with Crippen molar-refractivity contribution in [2.75, 3.05) is 19.6 Å². The molecular formula is C14H27N3. The Morgan fingerprint density at radius 1 is 1.24 bits per heavy atom. The molecule has 2 aliphatic carbocycles. The second kappa shape index (κ2) is 5.74. The van der Waals surface area contributed by atoms with Gasteiger partial charge in [-0.05, 0) is 43.9 Å². The van der Waals surface area contributed by atoms with Gasteiger partial charge in [-0.15, -0.1) is 0 Å². The van der Waals surface area contributed by atoms with Crippen LogP contribution in [0, 0.1) is 11.3 Å². The molecule has 0 bridgehead atoms. The third-order valence-electron chi connectivity index (χ3n) is 4.03. The van der Waals surface area contributed by atoms with Gasteiger partial charge in [-0.1, -0.05) is 19.8 Å². The molecule has 0 radical (unpaired) electrons. The number of hydrogen-bond acceptors (Lipinski definition) is 1. The van der Waals surface area contributed by atoms with Crippen LogP contribution in [0.1, 0.15) is 52.4 Å². The van der Waals surface area contributed by atoms with Crippen LogP contribution in [0.15, 0.2) is 4.99 Å². The Morgan fingerprint density at radius 3 is 2.53 bits per heavy atom. The maximum Gasteiger partial charge on any atom is 0.191 e. The van der Waals surface area contributed by atoms with Gasteiger partial charge in [-0.3, -0.25) is 4.99 Å². The van der Waals surface area contributed by atoms with E-state index in [4.69, 9.17) is 4.99 Å². The topological polar surface area (TPSA) is 36.4 Å². The van der Waals surface area contributed by atoms with Gasteiger partial charge in [0, 0.05) is 19.6 Å². The fraction of sp³-hybridized carbons (Fsp3) is 0.929. The van der Waals surface area contributed by atoms with Crippen LogP contribution in [0.5, 0.6) is 0 Å². The van der Waals surface area contributed by atoms with E-state index in [1.807, 2.05) is 0 Å². The normalized spacial score (nSPS) is 23.8. The van der Waals surface area contributed by atoms with E-state index in [2.05, 4.69) is 24.5 Å². The molecule has 2 fully saturated rings. The minimum atomic E-state index is 0.460. The highest BCUT2D eigenvalue weighted by Gasteiger charge is 2.28. The van der Waals surface area contributed by atoms with Gasteiger partial charge in [0.1, 0.15) is 0 Å². The van der Waals surface area contributed by atoms with Crippen molar-refractivity contribution in [2.45, 2.75) is 52.4 Å². The first kappa shape index (κ1) is 12.7. The molecule has 0 amide bonds. The molecule has 2 rings (SSSR count). The summed E-state index contributed by atoms with van der Waals surface area (Å²) in [5.41, 5.74) is 0.460. The Labute approximate surface area is 105 Å². The average Bonchev–Trinajstić information content (AvgIpc) is 3.05. The summed E-state index contributed by atoms with van der Waals surface area (Å²) in [6.07, 6.45) is 8.25. The monoisotopic (exact) mass is 237 g/mol. The molecule has 17 heavy (non-hydrogen) atoms. The Hall–Kier alpha value is -0.730. The number of rotatable bonds is 5. The second-order valence-corrected chi connectivity index (χ2v) is 6.04.